The molecule has 3 aromatic rings. The van der Waals surface area contributed by atoms with Crippen LogP contribution in [0, 0.1) is 0 Å². The third kappa shape index (κ3) is 4.13. The van der Waals surface area contributed by atoms with E-state index in [0.29, 0.717) is 11.0 Å². The van der Waals surface area contributed by atoms with Gasteiger partial charge in [0.1, 0.15) is 17.7 Å². The second-order valence-electron chi connectivity index (χ2n) is 7.06. The third-order valence-electron chi connectivity index (χ3n) is 4.92. The van der Waals surface area contributed by atoms with Crippen LogP contribution in [0.5, 0.6) is 0 Å². The highest BCUT2D eigenvalue weighted by atomic mass is 16.5. The van der Waals surface area contributed by atoms with Gasteiger partial charge in [-0.25, -0.2) is 4.79 Å². The van der Waals surface area contributed by atoms with Crippen LogP contribution in [0.15, 0.2) is 63.8 Å². The van der Waals surface area contributed by atoms with Gasteiger partial charge in [-0.1, -0.05) is 30.3 Å². The molecule has 9 nitrogen and oxygen atoms in total. The maximum absolute atomic E-state index is 12.3. The molecule has 2 aromatic carbocycles. The molecule has 9 heteroatoms. The molecule has 0 spiro atoms. The minimum atomic E-state index is -0.742. The molecule has 0 aliphatic carbocycles. The fraction of sp³-hybridized carbons (Fsp3) is 0.174. The van der Waals surface area contributed by atoms with Crippen molar-refractivity contribution in [2.24, 2.45) is 0 Å². The molecule has 1 aromatic heterocycles. The smallest absolute Gasteiger partial charge is 0.349 e. The maximum atomic E-state index is 12.3. The fourth-order valence-corrected chi connectivity index (χ4v) is 3.33. The van der Waals surface area contributed by atoms with Crippen molar-refractivity contribution in [3.05, 3.63) is 81.7 Å². The Bertz CT molecular complexity index is 1260. The zero-order valence-corrected chi connectivity index (χ0v) is 16.8. The first-order valence-electron chi connectivity index (χ1n) is 9.87. The van der Waals surface area contributed by atoms with E-state index in [-0.39, 0.29) is 36.3 Å². The first kappa shape index (κ1) is 21.0. The maximum Gasteiger partial charge on any atom is 0.349 e. The van der Waals surface area contributed by atoms with Crippen molar-refractivity contribution < 1.29 is 28.3 Å². The normalized spacial score (nSPS) is 12.7. The average molecular weight is 434 g/mol. The Morgan fingerprint density at radius 1 is 0.938 bits per heavy atom. The molecule has 0 unspecified atom stereocenters. The summed E-state index contributed by atoms with van der Waals surface area (Å²) in [7, 11) is 0. The van der Waals surface area contributed by atoms with Crippen LogP contribution in [0.2, 0.25) is 0 Å². The number of benzene rings is 2. The summed E-state index contributed by atoms with van der Waals surface area (Å²) in [6.45, 7) is -0.378. The lowest BCUT2D eigenvalue weighted by molar-refractivity contribution is -0.143. The first-order valence-corrected chi connectivity index (χ1v) is 9.87. The van der Waals surface area contributed by atoms with Crippen molar-refractivity contribution in [2.45, 2.75) is 6.42 Å². The number of para-hydroxylation sites is 1. The Morgan fingerprint density at radius 2 is 1.59 bits per heavy atom. The van der Waals surface area contributed by atoms with Crippen LogP contribution in [-0.2, 0) is 9.53 Å². The molecule has 0 saturated heterocycles. The predicted molar refractivity (Wildman–Crippen MR) is 112 cm³/mol. The van der Waals surface area contributed by atoms with E-state index < -0.39 is 35.9 Å². The molecule has 0 saturated carbocycles. The molecular weight excluding hydrogens is 416 g/mol. The molecule has 3 amide bonds. The lowest BCUT2D eigenvalue weighted by atomic mass is 10.1. The Hall–Kier alpha value is -4.27. The quantitative estimate of drug-likeness (QED) is 0.260. The lowest BCUT2D eigenvalue weighted by Gasteiger charge is -2.13. The van der Waals surface area contributed by atoms with Gasteiger partial charge in [-0.3, -0.25) is 24.1 Å². The van der Waals surface area contributed by atoms with Gasteiger partial charge in [-0.2, -0.15) is 0 Å². The predicted octanol–water partition coefficient (Wildman–Crippen LogP) is 1.75. The molecule has 1 aliphatic rings. The Balaban J connectivity index is 1.23. The molecule has 2 heterocycles. The van der Waals surface area contributed by atoms with Crippen LogP contribution in [0.25, 0.3) is 11.0 Å². The van der Waals surface area contributed by atoms with E-state index in [1.807, 2.05) is 0 Å². The van der Waals surface area contributed by atoms with E-state index in [9.17, 15) is 24.0 Å². The highest BCUT2D eigenvalue weighted by Crippen LogP contribution is 2.22. The number of hydrogen-bond donors (Lipinski definition) is 1. The monoisotopic (exact) mass is 434 g/mol. The minimum Gasteiger partial charge on any atom is -0.464 e. The number of ether oxygens (including phenoxy) is 1. The Kier molecular flexibility index (Phi) is 5.80. The van der Waals surface area contributed by atoms with E-state index in [0.717, 1.165) is 4.90 Å². The van der Waals surface area contributed by atoms with Crippen molar-refractivity contribution >= 4 is 34.7 Å². The van der Waals surface area contributed by atoms with Crippen LogP contribution >= 0.6 is 0 Å². The highest BCUT2D eigenvalue weighted by molar-refractivity contribution is 6.22. The van der Waals surface area contributed by atoms with Gasteiger partial charge in [0.25, 0.3) is 17.7 Å². The fourth-order valence-electron chi connectivity index (χ4n) is 3.33. The van der Waals surface area contributed by atoms with E-state index in [1.54, 1.807) is 36.4 Å². The molecule has 32 heavy (non-hydrogen) atoms. The average Bonchev–Trinajstić information content (AvgIpc) is 3.03. The third-order valence-corrected chi connectivity index (χ3v) is 4.92. The molecule has 4 rings (SSSR count). The second-order valence-corrected chi connectivity index (χ2v) is 7.06. The van der Waals surface area contributed by atoms with Gasteiger partial charge >= 0.3 is 11.6 Å². The summed E-state index contributed by atoms with van der Waals surface area (Å²) in [5.74, 6) is -2.41. The Labute approximate surface area is 181 Å². The van der Waals surface area contributed by atoms with E-state index in [4.69, 9.17) is 9.15 Å². The minimum absolute atomic E-state index is 0.0331. The number of hydrogen-bond acceptors (Lipinski definition) is 7. The van der Waals surface area contributed by atoms with Gasteiger partial charge < -0.3 is 14.5 Å². The lowest BCUT2D eigenvalue weighted by Crippen LogP contribution is -2.36. The summed E-state index contributed by atoms with van der Waals surface area (Å²) in [6, 6.07) is 14.6. The van der Waals surface area contributed by atoms with Crippen LogP contribution in [-0.4, -0.2) is 48.3 Å². The molecular formula is C23H18N2O7. The summed E-state index contributed by atoms with van der Waals surface area (Å²) >= 11 is 0. The molecule has 0 radical (unpaired) electrons. The van der Waals surface area contributed by atoms with Gasteiger partial charge in [-0.05, 0) is 30.7 Å². The molecule has 162 valence electrons. The summed E-state index contributed by atoms with van der Waals surface area (Å²) in [4.78, 5) is 61.6. The highest BCUT2D eigenvalue weighted by Gasteiger charge is 2.36. The number of esters is 1. The van der Waals surface area contributed by atoms with Crippen molar-refractivity contribution in [3.63, 3.8) is 0 Å². The number of nitrogens with zero attached hydrogens (tertiary/aromatic N) is 1. The van der Waals surface area contributed by atoms with Crippen LogP contribution < -0.4 is 10.9 Å². The molecule has 1 aliphatic heterocycles. The number of carbonyl (C=O) groups excluding carboxylic acids is 4. The standard InChI is InChI=1S/C23H18N2O7/c26-19(13-25-21(28)15-7-2-3-8-16(15)22(25)29)31-11-5-10-24-20(27)17-12-14-6-1-4-9-18(14)32-23(17)30/h1-4,6-9,12H,5,10-11,13H2,(H,24,27). The molecule has 1 N–H and O–H groups in total. The summed E-state index contributed by atoms with van der Waals surface area (Å²) in [5, 5.41) is 3.19. The Morgan fingerprint density at radius 3 is 2.31 bits per heavy atom. The van der Waals surface area contributed by atoms with E-state index in [1.165, 1.54) is 18.2 Å². The number of amides is 3. The van der Waals surface area contributed by atoms with Gasteiger partial charge in [0.2, 0.25) is 0 Å². The van der Waals surface area contributed by atoms with Gasteiger partial charge in [0.15, 0.2) is 0 Å². The largest absolute Gasteiger partial charge is 0.464 e. The molecule has 0 atom stereocenters. The number of imide groups is 1. The van der Waals surface area contributed by atoms with Crippen LogP contribution in [0.4, 0.5) is 0 Å². The topological polar surface area (TPSA) is 123 Å². The van der Waals surface area contributed by atoms with E-state index >= 15 is 0 Å². The van der Waals surface area contributed by atoms with Crippen LogP contribution in [0.1, 0.15) is 37.5 Å². The number of rotatable bonds is 7. The van der Waals surface area contributed by atoms with Crippen molar-refractivity contribution in [1.82, 2.24) is 10.2 Å². The SMILES string of the molecule is O=C(CN1C(=O)c2ccccc2C1=O)OCCCNC(=O)c1cc2ccccc2oc1=O. The van der Waals surface area contributed by atoms with Gasteiger partial charge in [-0.15, -0.1) is 0 Å². The summed E-state index contributed by atoms with van der Waals surface area (Å²) in [5.41, 5.74) is 0.0382. The van der Waals surface area contributed by atoms with Gasteiger partial charge in [0, 0.05) is 11.9 Å². The number of carbonyl (C=O) groups is 4. The number of fused-ring (bicyclic) bond motifs is 2. The van der Waals surface area contributed by atoms with Crippen LogP contribution in [0.3, 0.4) is 0 Å². The second kappa shape index (κ2) is 8.84. The number of nitrogens with one attached hydrogen (secondary N) is 1. The molecule has 0 fully saturated rings. The zero-order chi connectivity index (χ0) is 22.7. The van der Waals surface area contributed by atoms with E-state index in [2.05, 4.69) is 5.32 Å². The van der Waals surface area contributed by atoms with Gasteiger partial charge in [0.05, 0.1) is 17.7 Å². The summed E-state index contributed by atoms with van der Waals surface area (Å²) in [6.07, 6.45) is 0.276. The van der Waals surface area contributed by atoms with Crippen molar-refractivity contribution in [3.8, 4) is 0 Å². The zero-order valence-electron chi connectivity index (χ0n) is 16.8. The van der Waals surface area contributed by atoms with Crippen molar-refractivity contribution in [1.29, 1.82) is 0 Å². The first-order chi connectivity index (χ1) is 15.5. The van der Waals surface area contributed by atoms with Crippen molar-refractivity contribution in [2.75, 3.05) is 19.7 Å². The molecule has 0 bridgehead atoms. The summed E-state index contributed by atoms with van der Waals surface area (Å²) < 4.78 is 10.2.